The maximum Gasteiger partial charge on any atom is 0.331 e. The second-order valence-corrected chi connectivity index (χ2v) is 9.41. The van der Waals surface area contributed by atoms with Crippen molar-refractivity contribution in [2.24, 2.45) is 5.92 Å². The van der Waals surface area contributed by atoms with Crippen LogP contribution in [0.2, 0.25) is 0 Å². The first kappa shape index (κ1) is 28.4. The molecule has 1 fully saturated rings. The highest BCUT2D eigenvalue weighted by Gasteiger charge is 2.36. The van der Waals surface area contributed by atoms with E-state index in [0.29, 0.717) is 19.6 Å². The third kappa shape index (κ3) is 7.90. The second-order valence-electron chi connectivity index (χ2n) is 9.41. The Bertz CT molecular complexity index is 1030. The van der Waals surface area contributed by atoms with Gasteiger partial charge in [-0.3, -0.25) is 4.79 Å². The third-order valence-electron chi connectivity index (χ3n) is 6.43. The summed E-state index contributed by atoms with van der Waals surface area (Å²) < 4.78 is 23.1. The summed E-state index contributed by atoms with van der Waals surface area (Å²) in [6, 6.07) is 8.66. The number of hydrogen-bond acceptors (Lipinski definition) is 8. The van der Waals surface area contributed by atoms with Crippen molar-refractivity contribution in [2.75, 3.05) is 26.9 Å². The average molecular weight is 515 g/mol. The minimum Gasteiger partial charge on any atom is -0.503 e. The summed E-state index contributed by atoms with van der Waals surface area (Å²) in [7, 11) is 1.37. The van der Waals surface area contributed by atoms with Crippen LogP contribution in [0.1, 0.15) is 54.7 Å². The monoisotopic (exact) mass is 514 g/mol. The molecule has 1 aromatic carbocycles. The smallest absolute Gasteiger partial charge is 0.331 e. The molecule has 0 unspecified atom stereocenters. The zero-order valence-corrected chi connectivity index (χ0v) is 22.1. The molecule has 2 aromatic rings. The summed E-state index contributed by atoms with van der Waals surface area (Å²) in [5.74, 6) is -1.75. The first-order valence-corrected chi connectivity index (χ1v) is 12.8. The predicted molar refractivity (Wildman–Crippen MR) is 138 cm³/mol. The Morgan fingerprint density at radius 2 is 1.95 bits per heavy atom. The summed E-state index contributed by atoms with van der Waals surface area (Å²) in [6.45, 7) is 6.78. The molecule has 0 spiro atoms. The summed E-state index contributed by atoms with van der Waals surface area (Å²) in [6.07, 6.45) is 4.15. The van der Waals surface area contributed by atoms with Gasteiger partial charge in [-0.25, -0.2) is 9.78 Å². The van der Waals surface area contributed by atoms with Gasteiger partial charge in [-0.2, -0.15) is 0 Å². The molecular weight excluding hydrogens is 476 g/mol. The number of pyridine rings is 1. The molecule has 202 valence electrons. The number of rotatable bonds is 10. The van der Waals surface area contributed by atoms with Gasteiger partial charge in [-0.1, -0.05) is 49.6 Å². The number of aryl methyl sites for hydroxylation is 1. The molecule has 37 heavy (non-hydrogen) atoms. The lowest BCUT2D eigenvalue weighted by Gasteiger charge is -2.31. The number of nitrogens with one attached hydrogen (secondary N) is 1. The van der Waals surface area contributed by atoms with Crippen LogP contribution in [0.25, 0.3) is 0 Å². The van der Waals surface area contributed by atoms with Gasteiger partial charge in [0.2, 0.25) is 0 Å². The van der Waals surface area contributed by atoms with Crippen LogP contribution in [0.3, 0.4) is 0 Å². The summed E-state index contributed by atoms with van der Waals surface area (Å²) in [5.41, 5.74) is 2.07. The van der Waals surface area contributed by atoms with Crippen LogP contribution in [0.4, 0.5) is 0 Å². The number of hydrogen-bond donors (Lipinski definition) is 2. The fourth-order valence-electron chi connectivity index (χ4n) is 4.36. The Morgan fingerprint density at radius 3 is 2.65 bits per heavy atom. The number of carbonyl (C=O) groups is 2. The molecule has 3 rings (SSSR count). The summed E-state index contributed by atoms with van der Waals surface area (Å²) in [4.78, 5) is 29.8. The van der Waals surface area contributed by atoms with Crippen LogP contribution >= 0.6 is 0 Å². The third-order valence-corrected chi connectivity index (χ3v) is 6.43. The molecule has 2 heterocycles. The van der Waals surface area contributed by atoms with Crippen molar-refractivity contribution in [3.63, 3.8) is 0 Å². The lowest BCUT2D eigenvalue weighted by Crippen LogP contribution is -2.46. The van der Waals surface area contributed by atoms with Gasteiger partial charge in [0.05, 0.1) is 26.4 Å². The van der Waals surface area contributed by atoms with Gasteiger partial charge in [-0.05, 0) is 32.3 Å². The van der Waals surface area contributed by atoms with Gasteiger partial charge in [-0.15, -0.1) is 0 Å². The Balaban J connectivity index is 1.76. The van der Waals surface area contributed by atoms with E-state index in [2.05, 4.69) is 41.5 Å². The largest absolute Gasteiger partial charge is 0.503 e. The normalized spacial score (nSPS) is 22.3. The number of ether oxygens (including phenoxy) is 4. The van der Waals surface area contributed by atoms with Crippen molar-refractivity contribution in [1.82, 2.24) is 10.3 Å². The first-order chi connectivity index (χ1) is 17.8. The molecule has 9 heteroatoms. The maximum absolute atomic E-state index is 13.0. The number of carbonyl (C=O) groups excluding carboxylic acids is 2. The van der Waals surface area contributed by atoms with Crippen LogP contribution < -0.4 is 10.1 Å². The topological polar surface area (TPSA) is 116 Å². The van der Waals surface area contributed by atoms with E-state index in [1.165, 1.54) is 24.9 Å². The summed E-state index contributed by atoms with van der Waals surface area (Å²) >= 11 is 0. The van der Waals surface area contributed by atoms with E-state index >= 15 is 0 Å². The van der Waals surface area contributed by atoms with Crippen LogP contribution in [-0.2, 0) is 25.4 Å². The molecule has 1 aromatic heterocycles. The highest BCUT2D eigenvalue weighted by molar-refractivity contribution is 5.98. The van der Waals surface area contributed by atoms with Crippen LogP contribution in [0, 0.1) is 12.8 Å². The van der Waals surface area contributed by atoms with Crippen molar-refractivity contribution in [1.29, 1.82) is 0 Å². The number of nitrogens with zero attached hydrogens (tertiary/aromatic N) is 1. The molecule has 1 aliphatic heterocycles. The molecule has 1 saturated heterocycles. The highest BCUT2D eigenvalue weighted by atomic mass is 16.6. The maximum atomic E-state index is 13.0. The number of esters is 1. The van der Waals surface area contributed by atoms with Gasteiger partial charge in [0.1, 0.15) is 6.10 Å². The van der Waals surface area contributed by atoms with E-state index in [1.54, 1.807) is 0 Å². The van der Waals surface area contributed by atoms with Crippen LogP contribution in [0.15, 0.2) is 36.5 Å². The molecule has 0 bridgehead atoms. The zero-order valence-electron chi connectivity index (χ0n) is 22.1. The number of aromatic hydroxyl groups is 1. The second kappa shape index (κ2) is 13.9. The van der Waals surface area contributed by atoms with Gasteiger partial charge >= 0.3 is 5.97 Å². The van der Waals surface area contributed by atoms with Gasteiger partial charge in [0.25, 0.3) is 5.91 Å². The minimum atomic E-state index is -1.08. The van der Waals surface area contributed by atoms with Crippen molar-refractivity contribution < 1.29 is 33.6 Å². The van der Waals surface area contributed by atoms with E-state index in [0.717, 1.165) is 24.8 Å². The van der Waals surface area contributed by atoms with E-state index in [1.807, 2.05) is 13.8 Å². The molecular formula is C28H38N2O7. The SMILES string of the molecule is CCCCCO[C@@H]1[C@@H](Cc2ccc(C)cc2)COC[C@H](NC(=O)c2nccc(OC)c2O)C(=O)O[C@H]1C. The fraction of sp³-hybridized carbons (Fsp3) is 0.536. The fourth-order valence-corrected chi connectivity index (χ4v) is 4.36. The molecule has 0 radical (unpaired) electrons. The molecule has 0 aliphatic carbocycles. The standard InChI is InChI=1S/C28H38N2O7/c1-5-6-7-14-36-26-19(3)37-28(33)22(30-27(32)24-25(31)23(34-4)12-13-29-24)17-35-16-21(26)15-20-10-8-18(2)9-11-20/h8-13,19,21-22,26,31H,5-7,14-17H2,1-4H3,(H,30,32)/t19-,21-,22-,26-/m0/s1. The molecule has 1 amide bonds. The number of aromatic nitrogens is 1. The van der Waals surface area contributed by atoms with Gasteiger partial charge in [0, 0.05) is 24.8 Å². The van der Waals surface area contributed by atoms with Crippen LogP contribution in [0.5, 0.6) is 11.5 Å². The van der Waals surface area contributed by atoms with E-state index in [9.17, 15) is 14.7 Å². The number of cyclic esters (lactones) is 1. The lowest BCUT2D eigenvalue weighted by atomic mass is 9.91. The quantitative estimate of drug-likeness (QED) is 0.365. The molecule has 4 atom stereocenters. The van der Waals surface area contributed by atoms with Gasteiger partial charge < -0.3 is 29.4 Å². The van der Waals surface area contributed by atoms with Crippen molar-refractivity contribution in [3.05, 3.63) is 53.3 Å². The highest BCUT2D eigenvalue weighted by Crippen LogP contribution is 2.28. The molecule has 9 nitrogen and oxygen atoms in total. The zero-order chi connectivity index (χ0) is 26.8. The Kier molecular flexibility index (Phi) is 10.7. The Hall–Kier alpha value is -3.17. The van der Waals surface area contributed by atoms with Crippen LogP contribution in [-0.4, -0.2) is 67.1 Å². The summed E-state index contributed by atoms with van der Waals surface area (Å²) in [5, 5.41) is 12.9. The number of amides is 1. The molecule has 2 N–H and O–H groups in total. The number of benzene rings is 1. The van der Waals surface area contributed by atoms with Crippen molar-refractivity contribution in [3.8, 4) is 11.5 Å². The van der Waals surface area contributed by atoms with Crippen molar-refractivity contribution in [2.45, 2.75) is 64.7 Å². The van der Waals surface area contributed by atoms with Gasteiger partial charge in [0.15, 0.2) is 23.2 Å². The number of methoxy groups -OCH3 is 1. The molecule has 1 aliphatic rings. The minimum absolute atomic E-state index is 0.0642. The first-order valence-electron chi connectivity index (χ1n) is 12.8. The van der Waals surface area contributed by atoms with E-state index in [4.69, 9.17) is 18.9 Å². The van der Waals surface area contributed by atoms with E-state index in [-0.39, 0.29) is 30.1 Å². The lowest BCUT2D eigenvalue weighted by molar-refractivity contribution is -0.160. The molecule has 0 saturated carbocycles. The number of unbranched alkanes of at least 4 members (excludes halogenated alkanes) is 2. The average Bonchev–Trinajstić information content (AvgIpc) is 2.93. The Labute approximate surface area is 218 Å². The predicted octanol–water partition coefficient (Wildman–Crippen LogP) is 3.60. The van der Waals surface area contributed by atoms with E-state index < -0.39 is 29.8 Å². The van der Waals surface area contributed by atoms with Crippen molar-refractivity contribution >= 4 is 11.9 Å². The Morgan fingerprint density at radius 1 is 1.19 bits per heavy atom.